The maximum absolute atomic E-state index is 11.3. The largest absolute Gasteiger partial charge is 0.368 e. The number of nitrogens with one attached hydrogen (secondary N) is 1. The van der Waals surface area contributed by atoms with Gasteiger partial charge in [0.1, 0.15) is 6.10 Å². The molecule has 1 atom stereocenters. The third-order valence-corrected chi connectivity index (χ3v) is 1.56. The number of likely N-dealkylation sites (N-methyl/N-ethyl adjacent to an activating group) is 1. The van der Waals surface area contributed by atoms with Gasteiger partial charge in [0.25, 0.3) is 0 Å². The summed E-state index contributed by atoms with van der Waals surface area (Å²) in [6, 6.07) is 0. The summed E-state index contributed by atoms with van der Waals surface area (Å²) < 4.78 is 5.31. The Hall–Kier alpha value is -0.570. The van der Waals surface area contributed by atoms with Gasteiger partial charge in [-0.15, -0.1) is 0 Å². The monoisotopic (exact) mass is 173 g/mol. The van der Waals surface area contributed by atoms with E-state index in [9.17, 15) is 4.79 Å². The van der Waals surface area contributed by atoms with Crippen molar-refractivity contribution in [3.05, 3.63) is 0 Å². The molecular formula is C9H19NO2. The van der Waals surface area contributed by atoms with E-state index in [1.807, 2.05) is 27.7 Å². The SMILES string of the molecule is CCNC(=O)C(OCC)C(C)C. The first-order chi connectivity index (χ1) is 5.63. The second-order valence-electron chi connectivity index (χ2n) is 3.01. The van der Waals surface area contributed by atoms with Crippen LogP contribution in [0.15, 0.2) is 0 Å². The van der Waals surface area contributed by atoms with Crippen LogP contribution in [-0.2, 0) is 9.53 Å². The highest BCUT2D eigenvalue weighted by atomic mass is 16.5. The number of amides is 1. The first kappa shape index (κ1) is 11.4. The van der Waals surface area contributed by atoms with Crippen molar-refractivity contribution in [2.45, 2.75) is 33.8 Å². The number of hydrogen-bond donors (Lipinski definition) is 1. The zero-order valence-corrected chi connectivity index (χ0v) is 8.39. The van der Waals surface area contributed by atoms with Crippen LogP contribution in [0.3, 0.4) is 0 Å². The molecule has 0 aromatic carbocycles. The van der Waals surface area contributed by atoms with Crippen molar-refractivity contribution in [2.24, 2.45) is 5.92 Å². The third-order valence-electron chi connectivity index (χ3n) is 1.56. The van der Waals surface area contributed by atoms with Crippen LogP contribution in [0.4, 0.5) is 0 Å². The van der Waals surface area contributed by atoms with E-state index < -0.39 is 0 Å². The van der Waals surface area contributed by atoms with Crippen LogP contribution in [0.1, 0.15) is 27.7 Å². The molecule has 0 fully saturated rings. The predicted octanol–water partition coefficient (Wildman–Crippen LogP) is 1.18. The molecule has 0 aromatic heterocycles. The highest BCUT2D eigenvalue weighted by molar-refractivity contribution is 5.80. The van der Waals surface area contributed by atoms with E-state index in [4.69, 9.17) is 4.74 Å². The van der Waals surface area contributed by atoms with Gasteiger partial charge in [0.15, 0.2) is 0 Å². The van der Waals surface area contributed by atoms with Gasteiger partial charge in [-0.05, 0) is 19.8 Å². The maximum Gasteiger partial charge on any atom is 0.249 e. The van der Waals surface area contributed by atoms with Crippen molar-refractivity contribution in [3.8, 4) is 0 Å². The smallest absolute Gasteiger partial charge is 0.249 e. The van der Waals surface area contributed by atoms with E-state index >= 15 is 0 Å². The van der Waals surface area contributed by atoms with Crippen LogP contribution >= 0.6 is 0 Å². The van der Waals surface area contributed by atoms with Crippen molar-refractivity contribution in [1.29, 1.82) is 0 Å². The van der Waals surface area contributed by atoms with Gasteiger partial charge < -0.3 is 10.1 Å². The summed E-state index contributed by atoms with van der Waals surface area (Å²) in [5.74, 6) is 0.228. The molecule has 0 aliphatic heterocycles. The third kappa shape index (κ3) is 3.72. The molecule has 0 radical (unpaired) electrons. The molecule has 0 aliphatic rings. The van der Waals surface area contributed by atoms with Crippen LogP contribution < -0.4 is 5.32 Å². The van der Waals surface area contributed by atoms with Gasteiger partial charge in [0, 0.05) is 13.2 Å². The molecule has 0 saturated carbocycles. The standard InChI is InChI=1S/C9H19NO2/c1-5-10-9(11)8(7(3)4)12-6-2/h7-8H,5-6H2,1-4H3,(H,10,11). The van der Waals surface area contributed by atoms with Crippen LogP contribution in [-0.4, -0.2) is 25.2 Å². The van der Waals surface area contributed by atoms with Crippen LogP contribution in [0.25, 0.3) is 0 Å². The second-order valence-corrected chi connectivity index (χ2v) is 3.01. The summed E-state index contributed by atoms with van der Waals surface area (Å²) in [7, 11) is 0. The average Bonchev–Trinajstić information content (AvgIpc) is 1.99. The van der Waals surface area contributed by atoms with Gasteiger partial charge >= 0.3 is 0 Å². The Morgan fingerprint density at radius 3 is 2.33 bits per heavy atom. The molecule has 1 amide bonds. The Morgan fingerprint density at radius 1 is 1.42 bits per heavy atom. The van der Waals surface area contributed by atoms with Crippen LogP contribution in [0.5, 0.6) is 0 Å². The van der Waals surface area contributed by atoms with E-state index in [1.165, 1.54) is 0 Å². The fraction of sp³-hybridized carbons (Fsp3) is 0.889. The van der Waals surface area contributed by atoms with Gasteiger partial charge in [-0.25, -0.2) is 0 Å². The quantitative estimate of drug-likeness (QED) is 0.678. The molecular weight excluding hydrogens is 154 g/mol. The van der Waals surface area contributed by atoms with Crippen molar-refractivity contribution in [2.75, 3.05) is 13.2 Å². The Morgan fingerprint density at radius 2 is 2.00 bits per heavy atom. The summed E-state index contributed by atoms with van der Waals surface area (Å²) in [5, 5.41) is 2.75. The lowest BCUT2D eigenvalue weighted by Crippen LogP contribution is -2.39. The number of carbonyl (C=O) groups is 1. The second kappa shape index (κ2) is 6.00. The normalized spacial score (nSPS) is 13.1. The topological polar surface area (TPSA) is 38.3 Å². The molecule has 0 aromatic rings. The number of rotatable bonds is 5. The van der Waals surface area contributed by atoms with Crippen molar-refractivity contribution in [3.63, 3.8) is 0 Å². The van der Waals surface area contributed by atoms with Crippen LogP contribution in [0, 0.1) is 5.92 Å². The molecule has 1 N–H and O–H groups in total. The maximum atomic E-state index is 11.3. The van der Waals surface area contributed by atoms with E-state index in [2.05, 4.69) is 5.32 Å². The first-order valence-corrected chi connectivity index (χ1v) is 4.52. The molecule has 1 unspecified atom stereocenters. The highest BCUT2D eigenvalue weighted by Gasteiger charge is 2.21. The molecule has 0 saturated heterocycles. The van der Waals surface area contributed by atoms with Crippen molar-refractivity contribution < 1.29 is 9.53 Å². The first-order valence-electron chi connectivity index (χ1n) is 4.52. The Kier molecular flexibility index (Phi) is 5.72. The zero-order valence-electron chi connectivity index (χ0n) is 8.39. The van der Waals surface area contributed by atoms with Crippen LogP contribution in [0.2, 0.25) is 0 Å². The molecule has 12 heavy (non-hydrogen) atoms. The molecule has 0 aliphatic carbocycles. The number of ether oxygens (including phenoxy) is 1. The van der Waals surface area contributed by atoms with Crippen molar-refractivity contribution >= 4 is 5.91 Å². The highest BCUT2D eigenvalue weighted by Crippen LogP contribution is 2.06. The molecule has 72 valence electrons. The lowest BCUT2D eigenvalue weighted by atomic mass is 10.1. The van der Waals surface area contributed by atoms with E-state index in [-0.39, 0.29) is 17.9 Å². The van der Waals surface area contributed by atoms with E-state index in [1.54, 1.807) is 0 Å². The average molecular weight is 173 g/mol. The lowest BCUT2D eigenvalue weighted by Gasteiger charge is -2.19. The minimum absolute atomic E-state index is 0.00523. The summed E-state index contributed by atoms with van der Waals surface area (Å²) >= 11 is 0. The minimum Gasteiger partial charge on any atom is -0.368 e. The fourth-order valence-corrected chi connectivity index (χ4v) is 1.03. The van der Waals surface area contributed by atoms with E-state index in [0.717, 1.165) is 0 Å². The van der Waals surface area contributed by atoms with Gasteiger partial charge in [0.05, 0.1) is 0 Å². The zero-order chi connectivity index (χ0) is 9.56. The summed E-state index contributed by atoms with van der Waals surface area (Å²) in [4.78, 5) is 11.3. The summed E-state index contributed by atoms with van der Waals surface area (Å²) in [6.45, 7) is 9.01. The van der Waals surface area contributed by atoms with Crippen molar-refractivity contribution in [1.82, 2.24) is 5.32 Å². The minimum atomic E-state index is -0.296. The van der Waals surface area contributed by atoms with Gasteiger partial charge in [0.2, 0.25) is 5.91 Å². The van der Waals surface area contributed by atoms with E-state index in [0.29, 0.717) is 13.2 Å². The lowest BCUT2D eigenvalue weighted by molar-refractivity contribution is -0.135. The fourth-order valence-electron chi connectivity index (χ4n) is 1.03. The summed E-state index contributed by atoms with van der Waals surface area (Å²) in [6.07, 6.45) is -0.296. The molecule has 0 heterocycles. The Bertz CT molecular complexity index is 134. The molecule has 0 bridgehead atoms. The number of carbonyl (C=O) groups excluding carboxylic acids is 1. The molecule has 0 spiro atoms. The molecule has 3 heteroatoms. The van der Waals surface area contributed by atoms with Gasteiger partial charge in [-0.1, -0.05) is 13.8 Å². The Labute approximate surface area is 74.5 Å². The van der Waals surface area contributed by atoms with Gasteiger partial charge in [-0.2, -0.15) is 0 Å². The Balaban J connectivity index is 4.00. The molecule has 0 rings (SSSR count). The molecule has 3 nitrogen and oxygen atoms in total. The number of hydrogen-bond acceptors (Lipinski definition) is 2. The predicted molar refractivity (Wildman–Crippen MR) is 48.9 cm³/mol. The van der Waals surface area contributed by atoms with Gasteiger partial charge in [-0.3, -0.25) is 4.79 Å². The summed E-state index contributed by atoms with van der Waals surface area (Å²) in [5.41, 5.74) is 0.